The Hall–Kier alpha value is -0.910. The topological polar surface area (TPSA) is 0 Å². The quantitative estimate of drug-likeness (QED) is 0.499. The predicted octanol–water partition coefficient (Wildman–Crippen LogP) is 5.73. The van der Waals surface area contributed by atoms with Gasteiger partial charge in [0.15, 0.2) is 6.17 Å². The van der Waals surface area contributed by atoms with Gasteiger partial charge < -0.3 is 0 Å². The lowest BCUT2D eigenvalue weighted by Crippen LogP contribution is -2.60. The molecule has 0 amide bonds. The molecule has 1 radical (unpaired) electrons. The molecular formula is C10H8F13. The van der Waals surface area contributed by atoms with E-state index in [4.69, 9.17) is 0 Å². The zero-order valence-electron chi connectivity index (χ0n) is 10.9. The Morgan fingerprint density at radius 2 is 1.17 bits per heavy atom. The van der Waals surface area contributed by atoms with Crippen LogP contribution in [-0.4, -0.2) is 35.8 Å². The fourth-order valence-electron chi connectivity index (χ4n) is 1.36. The third kappa shape index (κ3) is 4.55. The Balaban J connectivity index is 5.86. The number of rotatable bonds is 7. The average Bonchev–Trinajstić information content (AvgIpc) is 2.23. The second kappa shape index (κ2) is 6.19. The van der Waals surface area contributed by atoms with Gasteiger partial charge >= 0.3 is 24.4 Å². The average molecular weight is 375 g/mol. The van der Waals surface area contributed by atoms with E-state index in [1.165, 1.54) is 0 Å². The number of hydrogen-bond donors (Lipinski definition) is 0. The van der Waals surface area contributed by atoms with E-state index in [0.29, 0.717) is 0 Å². The normalized spacial score (nSPS) is 18.9. The Kier molecular flexibility index (Phi) is 5.94. The van der Waals surface area contributed by atoms with Crippen molar-refractivity contribution < 1.29 is 57.1 Å². The van der Waals surface area contributed by atoms with Gasteiger partial charge in [-0.25, -0.2) is 26.3 Å². The highest BCUT2D eigenvalue weighted by Gasteiger charge is 2.76. The van der Waals surface area contributed by atoms with Crippen LogP contribution in [0.4, 0.5) is 57.1 Å². The molecule has 0 N–H and O–H groups in total. The molecule has 0 aliphatic heterocycles. The molecule has 0 aromatic carbocycles. The Bertz CT molecular complexity index is 393. The number of alkyl halides is 11. The van der Waals surface area contributed by atoms with Crippen molar-refractivity contribution >= 4 is 0 Å². The molecule has 0 aliphatic rings. The highest BCUT2D eigenvalue weighted by Crippen LogP contribution is 2.55. The maximum absolute atomic E-state index is 13.6. The molecule has 0 bridgehead atoms. The lowest BCUT2D eigenvalue weighted by molar-refractivity contribution is -0.335. The lowest BCUT2D eigenvalue weighted by atomic mass is 9.85. The molecule has 0 fully saturated rings. The number of hydrogen-bond acceptors (Lipinski definition) is 0. The van der Waals surface area contributed by atoms with E-state index in [1.807, 2.05) is 0 Å². The third-order valence-corrected chi connectivity index (χ3v) is 2.81. The molecule has 0 aromatic rings. The summed E-state index contributed by atoms with van der Waals surface area (Å²) in [6.07, 6.45) is -21.3. The molecule has 0 saturated heterocycles. The van der Waals surface area contributed by atoms with Gasteiger partial charge in [-0.3, -0.25) is 0 Å². The maximum atomic E-state index is 13.6. The van der Waals surface area contributed by atoms with Crippen LogP contribution < -0.4 is 0 Å². The molecule has 0 spiro atoms. The fourth-order valence-corrected chi connectivity index (χ4v) is 1.36. The van der Waals surface area contributed by atoms with Crippen molar-refractivity contribution in [1.82, 2.24) is 0 Å². The third-order valence-electron chi connectivity index (χ3n) is 2.81. The molecule has 0 nitrogen and oxygen atoms in total. The van der Waals surface area contributed by atoms with Gasteiger partial charge in [-0.15, -0.1) is 0 Å². The zero-order chi connectivity index (χ0) is 19.1. The highest BCUT2D eigenvalue weighted by molar-refractivity contribution is 5.06. The number of halogens is 13. The summed E-state index contributed by atoms with van der Waals surface area (Å²) in [4.78, 5) is 0. The minimum absolute atomic E-state index is 0.658. The summed E-state index contributed by atoms with van der Waals surface area (Å²) < 4.78 is 164. The van der Waals surface area contributed by atoms with Crippen molar-refractivity contribution in [2.75, 3.05) is 0 Å². The minimum atomic E-state index is -6.86. The maximum Gasteiger partial charge on any atom is 0.428 e. The second-order valence-corrected chi connectivity index (χ2v) is 4.73. The Morgan fingerprint density at radius 3 is 1.43 bits per heavy atom. The molecular weight excluding hydrogens is 367 g/mol. The summed E-state index contributed by atoms with van der Waals surface area (Å²) in [6.45, 7) is -0.658. The van der Waals surface area contributed by atoms with Gasteiger partial charge in [-0.2, -0.15) is 30.7 Å². The zero-order valence-corrected chi connectivity index (χ0v) is 10.9. The summed E-state index contributed by atoms with van der Waals surface area (Å²) in [5.74, 6) is -17.4. The van der Waals surface area contributed by atoms with Gasteiger partial charge in [0.2, 0.25) is 0 Å². The van der Waals surface area contributed by atoms with E-state index in [2.05, 4.69) is 0 Å². The van der Waals surface area contributed by atoms with Crippen molar-refractivity contribution in [2.45, 2.75) is 55.5 Å². The summed E-state index contributed by atoms with van der Waals surface area (Å²) >= 11 is 0. The molecule has 2 atom stereocenters. The molecule has 13 heteroatoms. The van der Waals surface area contributed by atoms with E-state index in [-0.39, 0.29) is 0 Å². The second-order valence-electron chi connectivity index (χ2n) is 4.73. The van der Waals surface area contributed by atoms with Crippen LogP contribution in [0.1, 0.15) is 19.8 Å². The molecule has 0 saturated carbocycles. The smallest absolute Gasteiger partial charge is 0.240 e. The Morgan fingerprint density at radius 1 is 0.783 bits per heavy atom. The monoisotopic (exact) mass is 375 g/mol. The van der Waals surface area contributed by atoms with Crippen molar-refractivity contribution in [3.63, 3.8) is 0 Å². The highest BCUT2D eigenvalue weighted by atomic mass is 19.4. The van der Waals surface area contributed by atoms with Gasteiger partial charge in [-0.05, 0) is 0 Å². The van der Waals surface area contributed by atoms with Crippen molar-refractivity contribution in [3.05, 3.63) is 6.43 Å². The van der Waals surface area contributed by atoms with E-state index in [0.717, 1.165) is 0 Å². The standard InChI is InChI=1S/C10H8F13/c1-6(14,15)9(19,20)3-7(16,10(21,22)23)8(17,18)2-4(11)5(12)13/h4H,2-3H2,1H3. The van der Waals surface area contributed by atoms with Gasteiger partial charge in [0.1, 0.15) is 0 Å². The van der Waals surface area contributed by atoms with Crippen molar-refractivity contribution in [1.29, 1.82) is 0 Å². The van der Waals surface area contributed by atoms with Gasteiger partial charge in [-0.1, -0.05) is 0 Å². The molecule has 0 rings (SSSR count). The first kappa shape index (κ1) is 22.1. The fraction of sp³-hybridized carbons (Fsp3) is 0.900. The van der Waals surface area contributed by atoms with Crippen LogP contribution in [0.3, 0.4) is 0 Å². The molecule has 2 unspecified atom stereocenters. The van der Waals surface area contributed by atoms with Crippen LogP contribution >= 0.6 is 0 Å². The molecule has 0 aromatic heterocycles. The van der Waals surface area contributed by atoms with Crippen LogP contribution in [0.25, 0.3) is 0 Å². The van der Waals surface area contributed by atoms with Gasteiger partial charge in [0.05, 0.1) is 12.8 Å². The largest absolute Gasteiger partial charge is 0.428 e. The predicted molar refractivity (Wildman–Crippen MR) is 50.0 cm³/mol. The van der Waals surface area contributed by atoms with E-state index in [9.17, 15) is 57.1 Å². The summed E-state index contributed by atoms with van der Waals surface area (Å²) in [5, 5.41) is 0. The van der Waals surface area contributed by atoms with E-state index in [1.54, 1.807) is 0 Å². The van der Waals surface area contributed by atoms with E-state index < -0.39 is 62.0 Å². The minimum Gasteiger partial charge on any atom is -0.240 e. The van der Waals surface area contributed by atoms with Crippen molar-refractivity contribution in [2.24, 2.45) is 0 Å². The SMILES string of the molecule is CC(F)(F)C(F)(F)CC(F)(C(F)(F)F)C(F)(F)CC(F)[C](F)F. The molecule has 0 aliphatic carbocycles. The van der Waals surface area contributed by atoms with Crippen LogP contribution in [0, 0.1) is 6.43 Å². The van der Waals surface area contributed by atoms with Crippen LogP contribution in [0.15, 0.2) is 0 Å². The van der Waals surface area contributed by atoms with Crippen LogP contribution in [-0.2, 0) is 0 Å². The van der Waals surface area contributed by atoms with Gasteiger partial charge in [0.25, 0.3) is 11.6 Å². The Labute approximate surface area is 120 Å². The van der Waals surface area contributed by atoms with Crippen molar-refractivity contribution in [3.8, 4) is 0 Å². The summed E-state index contributed by atoms with van der Waals surface area (Å²) in [5.41, 5.74) is -6.36. The van der Waals surface area contributed by atoms with Crippen LogP contribution in [0.5, 0.6) is 0 Å². The van der Waals surface area contributed by atoms with Gasteiger partial charge in [0, 0.05) is 6.92 Å². The molecule has 0 heterocycles. The molecule has 23 heavy (non-hydrogen) atoms. The van der Waals surface area contributed by atoms with Crippen LogP contribution in [0.2, 0.25) is 0 Å². The van der Waals surface area contributed by atoms with E-state index >= 15 is 0 Å². The summed E-state index contributed by atoms with van der Waals surface area (Å²) in [7, 11) is 0. The molecule has 139 valence electrons. The first-order valence-electron chi connectivity index (χ1n) is 5.49. The first-order valence-corrected chi connectivity index (χ1v) is 5.49. The first-order chi connectivity index (χ1) is 9.78. The lowest BCUT2D eigenvalue weighted by Gasteiger charge is -2.38. The summed E-state index contributed by atoms with van der Waals surface area (Å²) in [6, 6.07) is 0.